The van der Waals surface area contributed by atoms with Crippen LogP contribution in [0.4, 0.5) is 0 Å². The predicted octanol–water partition coefficient (Wildman–Crippen LogP) is 1.77. The highest BCUT2D eigenvalue weighted by molar-refractivity contribution is 9.10. The number of sulfonamides is 1. The Hall–Kier alpha value is -0.700. The van der Waals surface area contributed by atoms with E-state index in [-0.39, 0.29) is 0 Å². The number of thiophene rings is 1. The molecule has 0 aromatic carbocycles. The van der Waals surface area contributed by atoms with Crippen LogP contribution in [0.2, 0.25) is 0 Å². The monoisotopic (exact) mass is 349 g/mol. The number of nitrogens with zero attached hydrogens (tertiary/aromatic N) is 2. The maximum atomic E-state index is 12.0. The average molecular weight is 350 g/mol. The van der Waals surface area contributed by atoms with Crippen LogP contribution >= 0.6 is 27.3 Å². The molecule has 0 unspecified atom stereocenters. The number of aromatic nitrogens is 2. The summed E-state index contributed by atoms with van der Waals surface area (Å²) in [5.41, 5.74) is 0. The fourth-order valence-corrected chi connectivity index (χ4v) is 4.88. The zero-order chi connectivity index (χ0) is 13.2. The van der Waals surface area contributed by atoms with E-state index in [9.17, 15) is 8.42 Å². The summed E-state index contributed by atoms with van der Waals surface area (Å²) in [6.07, 6.45) is 4.09. The highest BCUT2D eigenvalue weighted by Gasteiger charge is 2.18. The van der Waals surface area contributed by atoms with Crippen LogP contribution < -0.4 is 4.72 Å². The maximum Gasteiger partial charge on any atom is 0.251 e. The molecule has 98 valence electrons. The second kappa shape index (κ2) is 5.52. The first-order valence-corrected chi connectivity index (χ1v) is 8.35. The Morgan fingerprint density at radius 1 is 1.56 bits per heavy atom. The van der Waals surface area contributed by atoms with Gasteiger partial charge in [-0.1, -0.05) is 0 Å². The van der Waals surface area contributed by atoms with Crippen molar-refractivity contribution in [3.8, 4) is 0 Å². The summed E-state index contributed by atoms with van der Waals surface area (Å²) in [4.78, 5) is 4.14. The van der Waals surface area contributed by atoms with E-state index in [2.05, 4.69) is 25.6 Å². The first-order valence-electron chi connectivity index (χ1n) is 5.19. The van der Waals surface area contributed by atoms with Gasteiger partial charge in [0.25, 0.3) is 10.0 Å². The van der Waals surface area contributed by atoms with E-state index in [0.29, 0.717) is 21.6 Å². The highest BCUT2D eigenvalue weighted by atomic mass is 79.9. The van der Waals surface area contributed by atoms with Gasteiger partial charge in [-0.15, -0.1) is 11.3 Å². The maximum absolute atomic E-state index is 12.0. The van der Waals surface area contributed by atoms with Gasteiger partial charge in [-0.25, -0.2) is 18.1 Å². The molecule has 2 aromatic rings. The Morgan fingerprint density at radius 2 is 2.33 bits per heavy atom. The van der Waals surface area contributed by atoms with Crippen LogP contribution in [-0.4, -0.2) is 24.5 Å². The molecule has 5 nitrogen and oxygen atoms in total. The molecule has 0 bridgehead atoms. The molecule has 0 amide bonds. The van der Waals surface area contributed by atoms with E-state index < -0.39 is 10.0 Å². The van der Waals surface area contributed by atoms with Gasteiger partial charge in [0.15, 0.2) is 0 Å². The molecule has 0 aliphatic heterocycles. The quantitative estimate of drug-likeness (QED) is 0.894. The van der Waals surface area contributed by atoms with E-state index >= 15 is 0 Å². The minimum Gasteiger partial charge on any atom is -0.338 e. The van der Waals surface area contributed by atoms with Crippen LogP contribution in [0.5, 0.6) is 0 Å². The van der Waals surface area contributed by atoms with Crippen molar-refractivity contribution >= 4 is 37.3 Å². The molecule has 0 saturated carbocycles. The van der Waals surface area contributed by atoms with Gasteiger partial charge in [0.1, 0.15) is 10.0 Å². The molecule has 8 heteroatoms. The molecule has 2 rings (SSSR count). The second-order valence-electron chi connectivity index (χ2n) is 3.66. The second-order valence-corrected chi connectivity index (χ2v) is 7.39. The summed E-state index contributed by atoms with van der Waals surface area (Å²) in [6, 6.07) is 1.72. The fourth-order valence-electron chi connectivity index (χ4n) is 1.47. The Bertz CT molecular complexity index is 633. The average Bonchev–Trinajstić information content (AvgIpc) is 2.88. The molecule has 0 spiro atoms. The Kier molecular flexibility index (Phi) is 4.21. The molecule has 18 heavy (non-hydrogen) atoms. The van der Waals surface area contributed by atoms with Gasteiger partial charge >= 0.3 is 0 Å². The van der Waals surface area contributed by atoms with E-state index in [4.69, 9.17) is 0 Å². The zero-order valence-corrected chi connectivity index (χ0v) is 12.8. The molecule has 0 atom stereocenters. The molecule has 2 aromatic heterocycles. The number of rotatable bonds is 5. The fraction of sp³-hybridized carbons (Fsp3) is 0.300. The van der Waals surface area contributed by atoms with Crippen molar-refractivity contribution in [1.29, 1.82) is 0 Å². The third-order valence-corrected chi connectivity index (χ3v) is 6.52. The van der Waals surface area contributed by atoms with Crippen LogP contribution in [0.15, 0.2) is 32.5 Å². The summed E-state index contributed by atoms with van der Waals surface area (Å²) >= 11 is 4.41. The topological polar surface area (TPSA) is 64.0 Å². The largest absolute Gasteiger partial charge is 0.338 e. The highest BCUT2D eigenvalue weighted by Crippen LogP contribution is 2.27. The SMILES string of the molecule is Cn1ccnc1CCNS(=O)(=O)c1sccc1Br. The van der Waals surface area contributed by atoms with Crippen LogP contribution in [-0.2, 0) is 23.5 Å². The molecule has 1 N–H and O–H groups in total. The van der Waals surface area contributed by atoms with Crippen molar-refractivity contribution in [1.82, 2.24) is 14.3 Å². The molecule has 0 radical (unpaired) electrons. The summed E-state index contributed by atoms with van der Waals surface area (Å²) in [5.74, 6) is 0.850. The zero-order valence-electron chi connectivity index (χ0n) is 9.63. The van der Waals surface area contributed by atoms with Crippen LogP contribution in [0.3, 0.4) is 0 Å². The lowest BCUT2D eigenvalue weighted by Gasteiger charge is -2.05. The molecule has 0 saturated heterocycles. The summed E-state index contributed by atoms with van der Waals surface area (Å²) in [6.45, 7) is 0.331. The number of nitrogens with one attached hydrogen (secondary N) is 1. The summed E-state index contributed by atoms with van der Waals surface area (Å²) in [7, 11) is -1.55. The third-order valence-electron chi connectivity index (χ3n) is 2.39. The standard InChI is InChI=1S/C10H12BrN3O2S2/c1-14-6-5-12-9(14)2-4-13-18(15,16)10-8(11)3-7-17-10/h3,5-7,13H,2,4H2,1H3. The number of hydrogen-bond donors (Lipinski definition) is 1. The lowest BCUT2D eigenvalue weighted by molar-refractivity contribution is 0.582. The van der Waals surface area contributed by atoms with Crippen molar-refractivity contribution in [2.45, 2.75) is 10.6 Å². The smallest absolute Gasteiger partial charge is 0.251 e. The van der Waals surface area contributed by atoms with Gasteiger partial charge in [0.2, 0.25) is 0 Å². The van der Waals surface area contributed by atoms with Crippen LogP contribution in [0, 0.1) is 0 Å². The van der Waals surface area contributed by atoms with Crippen LogP contribution in [0.25, 0.3) is 0 Å². The van der Waals surface area contributed by atoms with Gasteiger partial charge in [-0.2, -0.15) is 0 Å². The molecule has 0 fully saturated rings. The lowest BCUT2D eigenvalue weighted by Crippen LogP contribution is -2.26. The Balaban J connectivity index is 1.99. The van der Waals surface area contributed by atoms with Crippen molar-refractivity contribution in [3.05, 3.63) is 34.1 Å². The minimum atomic E-state index is -3.43. The number of halogens is 1. The molecule has 0 aliphatic carbocycles. The molecular weight excluding hydrogens is 338 g/mol. The first-order chi connectivity index (χ1) is 8.50. The lowest BCUT2D eigenvalue weighted by atomic mass is 10.4. The summed E-state index contributed by atoms with van der Waals surface area (Å²) < 4.78 is 29.3. The minimum absolute atomic E-state index is 0.308. The molecule has 2 heterocycles. The number of hydrogen-bond acceptors (Lipinski definition) is 4. The Labute approximate surface area is 118 Å². The Morgan fingerprint density at radius 3 is 2.89 bits per heavy atom. The summed E-state index contributed by atoms with van der Waals surface area (Å²) in [5, 5.41) is 1.73. The van der Waals surface area contributed by atoms with Crippen molar-refractivity contribution in [2.75, 3.05) is 6.54 Å². The van der Waals surface area contributed by atoms with Crippen molar-refractivity contribution in [2.24, 2.45) is 7.05 Å². The van der Waals surface area contributed by atoms with E-state index in [0.717, 1.165) is 5.82 Å². The van der Waals surface area contributed by atoms with Gasteiger partial charge in [0.05, 0.1) is 0 Å². The normalized spacial score (nSPS) is 11.9. The molecular formula is C10H12BrN3O2S2. The van der Waals surface area contributed by atoms with E-state index in [1.807, 2.05) is 17.8 Å². The van der Waals surface area contributed by atoms with E-state index in [1.54, 1.807) is 17.6 Å². The van der Waals surface area contributed by atoms with Crippen molar-refractivity contribution < 1.29 is 8.42 Å². The number of imidazole rings is 1. The van der Waals surface area contributed by atoms with Gasteiger partial charge in [-0.05, 0) is 27.4 Å². The first kappa shape index (κ1) is 13.7. The van der Waals surface area contributed by atoms with Gasteiger partial charge in [-0.3, -0.25) is 0 Å². The predicted molar refractivity (Wildman–Crippen MR) is 74.1 cm³/mol. The third kappa shape index (κ3) is 3.00. The molecule has 0 aliphatic rings. The van der Waals surface area contributed by atoms with Gasteiger partial charge < -0.3 is 4.57 Å². The van der Waals surface area contributed by atoms with Crippen LogP contribution in [0.1, 0.15) is 5.82 Å². The van der Waals surface area contributed by atoms with Gasteiger partial charge in [0, 0.05) is 36.9 Å². The van der Waals surface area contributed by atoms with Crippen molar-refractivity contribution in [3.63, 3.8) is 0 Å². The number of aryl methyl sites for hydroxylation is 1. The van der Waals surface area contributed by atoms with E-state index in [1.165, 1.54) is 11.3 Å².